The Kier molecular flexibility index (Phi) is 3.15. The molecule has 0 atom stereocenters. The van der Waals surface area contributed by atoms with E-state index in [2.05, 4.69) is 32.0 Å². The largest absolute Gasteiger partial charge is 0.210 e. The van der Waals surface area contributed by atoms with Crippen LogP contribution in [0.3, 0.4) is 0 Å². The Morgan fingerprint density at radius 3 is 2.36 bits per heavy atom. The zero-order chi connectivity index (χ0) is 8.27. The molecular weight excluding hydrogens is 172 g/mol. The maximum absolute atomic E-state index is 5.80. The Morgan fingerprint density at radius 1 is 1.27 bits per heavy atom. The molecule has 0 bridgehead atoms. The minimum Gasteiger partial charge on any atom is -0.165 e. The van der Waals surface area contributed by atoms with Crippen LogP contribution < -0.4 is 5.19 Å². The second kappa shape index (κ2) is 3.93. The normalized spacial score (nSPS) is 10.5. The van der Waals surface area contributed by atoms with Crippen molar-refractivity contribution in [2.24, 2.45) is 0 Å². The van der Waals surface area contributed by atoms with E-state index in [1.54, 1.807) is 0 Å². The minimum atomic E-state index is 0.394. The molecule has 0 aliphatic carbocycles. The molecule has 0 aliphatic heterocycles. The summed E-state index contributed by atoms with van der Waals surface area (Å²) in [4.78, 5) is 0. The van der Waals surface area contributed by atoms with Crippen molar-refractivity contribution in [3.05, 3.63) is 29.8 Å². The summed E-state index contributed by atoms with van der Waals surface area (Å²) in [5.41, 5.74) is 1.38. The minimum absolute atomic E-state index is 0.394. The molecule has 58 valence electrons. The van der Waals surface area contributed by atoms with Crippen molar-refractivity contribution < 1.29 is 0 Å². The molecule has 0 unspecified atom stereocenters. The van der Waals surface area contributed by atoms with Gasteiger partial charge in [-0.05, 0) is 16.7 Å². The first-order valence-electron chi connectivity index (χ1n) is 3.71. The summed E-state index contributed by atoms with van der Waals surface area (Å²) < 4.78 is 0. The molecule has 0 aromatic heterocycles. The molecule has 2 radical (unpaired) electrons. The summed E-state index contributed by atoms with van der Waals surface area (Å²) in [5, 5.41) is 1.28. The maximum atomic E-state index is 5.80. The lowest BCUT2D eigenvalue weighted by atomic mass is 10.0. The lowest BCUT2D eigenvalue weighted by molar-refractivity contribution is 0.873. The zero-order valence-corrected chi connectivity index (χ0v) is 8.52. The molecule has 1 aromatic rings. The predicted octanol–water partition coefficient (Wildman–Crippen LogP) is 2.29. The average Bonchev–Trinajstić information content (AvgIpc) is 2.04. The molecule has 0 amide bonds. The Bertz CT molecular complexity index is 233. The molecule has 0 saturated carbocycles. The third-order valence-electron chi connectivity index (χ3n) is 1.68. The fourth-order valence-corrected chi connectivity index (χ4v) is 2.24. The highest BCUT2D eigenvalue weighted by molar-refractivity contribution is 7.01. The molecule has 0 spiro atoms. The van der Waals surface area contributed by atoms with Crippen LogP contribution in [0.1, 0.15) is 25.3 Å². The van der Waals surface area contributed by atoms with Crippen molar-refractivity contribution in [2.45, 2.75) is 19.8 Å². The van der Waals surface area contributed by atoms with Crippen LogP contribution in [0.15, 0.2) is 24.3 Å². The third kappa shape index (κ3) is 2.08. The van der Waals surface area contributed by atoms with Crippen LogP contribution >= 0.6 is 11.1 Å². The average molecular weight is 183 g/mol. The monoisotopic (exact) mass is 182 g/mol. The van der Waals surface area contributed by atoms with Crippen LogP contribution in [0.2, 0.25) is 0 Å². The smallest absolute Gasteiger partial charge is 0.165 e. The van der Waals surface area contributed by atoms with E-state index in [9.17, 15) is 0 Å². The van der Waals surface area contributed by atoms with Gasteiger partial charge < -0.3 is 0 Å². The topological polar surface area (TPSA) is 0 Å². The molecular formula is C9H11ClSi. The second-order valence-electron chi connectivity index (χ2n) is 2.84. The lowest BCUT2D eigenvalue weighted by Crippen LogP contribution is -2.15. The quantitative estimate of drug-likeness (QED) is 0.487. The van der Waals surface area contributed by atoms with E-state index < -0.39 is 0 Å². The summed E-state index contributed by atoms with van der Waals surface area (Å²) >= 11 is 5.80. The van der Waals surface area contributed by atoms with E-state index in [0.717, 1.165) is 0 Å². The number of rotatable bonds is 2. The van der Waals surface area contributed by atoms with Gasteiger partial charge in [0.25, 0.3) is 0 Å². The molecule has 2 heteroatoms. The summed E-state index contributed by atoms with van der Waals surface area (Å²) in [6, 6.07) is 8.35. The van der Waals surface area contributed by atoms with Crippen LogP contribution in [-0.4, -0.2) is 8.83 Å². The third-order valence-corrected chi connectivity index (χ3v) is 2.95. The van der Waals surface area contributed by atoms with Crippen LogP contribution in [-0.2, 0) is 0 Å². The van der Waals surface area contributed by atoms with Gasteiger partial charge in [0.1, 0.15) is 0 Å². The van der Waals surface area contributed by atoms with E-state index >= 15 is 0 Å². The van der Waals surface area contributed by atoms with E-state index in [4.69, 9.17) is 11.1 Å². The van der Waals surface area contributed by atoms with Crippen molar-refractivity contribution in [1.82, 2.24) is 0 Å². The highest BCUT2D eigenvalue weighted by Gasteiger charge is 2.03. The molecule has 0 heterocycles. The van der Waals surface area contributed by atoms with Crippen LogP contribution in [0, 0.1) is 0 Å². The van der Waals surface area contributed by atoms with E-state index in [-0.39, 0.29) is 0 Å². The van der Waals surface area contributed by atoms with Gasteiger partial charge in [-0.1, -0.05) is 38.1 Å². The van der Waals surface area contributed by atoms with E-state index in [0.29, 0.717) is 14.7 Å². The summed E-state index contributed by atoms with van der Waals surface area (Å²) in [6.45, 7) is 4.38. The van der Waals surface area contributed by atoms with Crippen LogP contribution in [0.25, 0.3) is 0 Å². The number of hydrogen-bond donors (Lipinski definition) is 0. The fraction of sp³-hybridized carbons (Fsp3) is 0.333. The van der Waals surface area contributed by atoms with E-state index in [1.165, 1.54) is 10.8 Å². The molecule has 0 N–H and O–H groups in total. The number of halogens is 1. The molecule has 0 fully saturated rings. The Balaban J connectivity index is 3.02. The van der Waals surface area contributed by atoms with Gasteiger partial charge in [-0.3, -0.25) is 0 Å². The summed E-state index contributed by atoms with van der Waals surface area (Å²) in [6.07, 6.45) is 0. The number of benzene rings is 1. The molecule has 0 saturated heterocycles. The Hall–Kier alpha value is -0.273. The molecule has 0 nitrogen and oxygen atoms in total. The van der Waals surface area contributed by atoms with E-state index in [1.807, 2.05) is 6.07 Å². The van der Waals surface area contributed by atoms with Gasteiger partial charge in [-0.15, -0.1) is 0 Å². The van der Waals surface area contributed by atoms with Crippen molar-refractivity contribution >= 4 is 25.1 Å². The maximum Gasteiger partial charge on any atom is 0.210 e. The van der Waals surface area contributed by atoms with Gasteiger partial charge in [0, 0.05) is 0 Å². The summed E-state index contributed by atoms with van der Waals surface area (Å²) in [5.74, 6) is 0.581. The first-order chi connectivity index (χ1) is 5.25. The lowest BCUT2D eigenvalue weighted by Gasteiger charge is -2.08. The molecule has 0 aliphatic rings. The van der Waals surface area contributed by atoms with Gasteiger partial charge in [0.15, 0.2) is 0 Å². The van der Waals surface area contributed by atoms with Gasteiger partial charge in [-0.25, -0.2) is 0 Å². The van der Waals surface area contributed by atoms with Gasteiger partial charge in [-0.2, -0.15) is 11.1 Å². The van der Waals surface area contributed by atoms with Crippen LogP contribution in [0.4, 0.5) is 0 Å². The van der Waals surface area contributed by atoms with Gasteiger partial charge >= 0.3 is 0 Å². The first-order valence-corrected chi connectivity index (χ1v) is 5.72. The first kappa shape index (κ1) is 8.82. The predicted molar refractivity (Wildman–Crippen MR) is 51.8 cm³/mol. The molecule has 1 aromatic carbocycles. The van der Waals surface area contributed by atoms with Crippen molar-refractivity contribution in [3.63, 3.8) is 0 Å². The highest BCUT2D eigenvalue weighted by atomic mass is 35.6. The zero-order valence-electron chi connectivity index (χ0n) is 6.76. The standard InChI is InChI=1S/C9H11ClSi/c1-7(2)8-5-3-4-6-9(8)11-10/h3-7H,1-2H3. The Morgan fingerprint density at radius 2 is 1.91 bits per heavy atom. The van der Waals surface area contributed by atoms with Gasteiger partial charge in [0.05, 0.1) is 0 Å². The van der Waals surface area contributed by atoms with Crippen molar-refractivity contribution in [1.29, 1.82) is 0 Å². The summed E-state index contributed by atoms with van der Waals surface area (Å²) in [7, 11) is 0.394. The highest BCUT2D eigenvalue weighted by Crippen LogP contribution is 2.10. The van der Waals surface area contributed by atoms with Crippen molar-refractivity contribution in [2.75, 3.05) is 0 Å². The van der Waals surface area contributed by atoms with Crippen molar-refractivity contribution in [3.8, 4) is 0 Å². The number of hydrogen-bond acceptors (Lipinski definition) is 0. The van der Waals surface area contributed by atoms with Crippen LogP contribution in [0.5, 0.6) is 0 Å². The molecule has 1 rings (SSSR count). The SMILES string of the molecule is CC(C)c1ccccc1[Si]Cl. The fourth-order valence-electron chi connectivity index (χ4n) is 1.09. The molecule has 11 heavy (non-hydrogen) atoms. The second-order valence-corrected chi connectivity index (χ2v) is 4.13. The van der Waals surface area contributed by atoms with Gasteiger partial charge in [0.2, 0.25) is 8.83 Å². The Labute approximate surface area is 75.1 Å².